The molecule has 12 N–H and O–H groups in total. The van der Waals surface area contributed by atoms with Crippen molar-refractivity contribution < 1.29 is 88.6 Å². The van der Waals surface area contributed by atoms with E-state index < -0.39 is 113 Å². The number of phenolic OH excluding ortho intramolecular Hbond substituents is 2. The highest BCUT2D eigenvalue weighted by Crippen LogP contribution is 2.44. The molecule has 8 aromatic rings. The van der Waals surface area contributed by atoms with E-state index in [1.807, 2.05) is 100 Å². The fourth-order valence-electron chi connectivity index (χ4n) is 12.8. The van der Waals surface area contributed by atoms with Crippen molar-refractivity contribution in [1.29, 1.82) is 0 Å². The summed E-state index contributed by atoms with van der Waals surface area (Å²) < 4.78 is 209. The Labute approximate surface area is 792 Å². The third kappa shape index (κ3) is 24.8. The molecule has 51 heteroatoms. The molecule has 4 aliphatic rings. The summed E-state index contributed by atoms with van der Waals surface area (Å²) in [7, 11) is -10.2. The maximum Gasteiger partial charge on any atom is 0.269 e. The van der Waals surface area contributed by atoms with E-state index in [9.17, 15) is 70.9 Å². The second-order valence-corrected chi connectivity index (χ2v) is 46.0. The maximum absolute atomic E-state index is 12.8. The maximum atomic E-state index is 12.8. The zero-order chi connectivity index (χ0) is 98.0. The molecular formula is C81H113ClN20O20S10. The largest absolute Gasteiger partial charge is 0.504 e. The average Bonchev–Trinajstić information content (AvgIpc) is 1.34. The number of sulfonamides is 4. The smallest absolute Gasteiger partial charge is 0.269 e. The van der Waals surface area contributed by atoms with Gasteiger partial charge in [0.15, 0.2) is 78.1 Å². The first-order chi connectivity index (χ1) is 61.8. The van der Waals surface area contributed by atoms with E-state index in [-0.39, 0.29) is 156 Å². The highest BCUT2D eigenvalue weighted by molar-refractivity contribution is 7.92. The fourth-order valence-corrected chi connectivity index (χ4v) is 23.5. The normalized spacial score (nSPS) is 17.4. The number of aryl methyl sites for hydroxylation is 4. The van der Waals surface area contributed by atoms with Crippen molar-refractivity contribution in [3.8, 4) is 23.0 Å². The first-order valence-electron chi connectivity index (χ1n) is 41.5. The predicted molar refractivity (Wildman–Crippen MR) is 522 cm³/mol. The summed E-state index contributed by atoms with van der Waals surface area (Å²) in [5, 5.41) is 69.7. The number of furan rings is 4. The standard InChI is InChI=1S/C21H31N5O5S3.C20H26ClN5O5S2.C20H29N5O5S3.C20H27N5O5S2/c1-7-26(8-2)34(29,30)21-18(27)15(11-32-21)22-19-20(25-33(28)24-19)23-17(13(5)6)16-9-14(10-31-16)12(3)4;1-10(2)16(15-9-11(3)12(4)31-15)23-20-19(24-32(28)25-20)22-14-8-7-13(21)18(17(14)27)33(29,30)26(5)6;1-6-14(16-9-13(10-30-16)12(4)5)21-18-19(24-32(27)23-18)22-15-11-31-20(17(15)26)33(28,29)25(7-2)8-3;1-11(2)17(15-10-12(3)13(4)30-15)22-20-19(23-31(27)24-20)21-14-8-7-9-16(18(14)26)32(28,29)25(5)6/h9-13,17,27H,7-8H2,1-6H3,(H,22,24)(H,23,25);7-10,16,27H,1-6H3,(H,22,24)(H,23,25);9-12,14,26H,6-8H2,1-5H3,(H,21,23)(H,22,24);7-11,17,26H,1-6H3,(H,21,23)(H,22,24)/t17-,33?;16-,32?;14-,32?;17-,31?/m1111/s1. The van der Waals surface area contributed by atoms with Gasteiger partial charge in [0.25, 0.3) is 64.7 Å². The summed E-state index contributed by atoms with van der Waals surface area (Å²) in [5.41, 5.74) is 4.54. The molecule has 0 aliphatic carbocycles. The molecule has 4 aliphatic heterocycles. The molecule has 12 rings (SSSR count). The van der Waals surface area contributed by atoms with Gasteiger partial charge in [-0.1, -0.05) is 122 Å². The molecule has 0 spiro atoms. The topological polar surface area (TPSA) is 546 Å². The number of aromatic hydroxyl groups is 4. The predicted octanol–water partition coefficient (Wildman–Crippen LogP) is 13.7. The molecule has 6 aromatic heterocycles. The molecule has 724 valence electrons. The molecule has 0 radical (unpaired) electrons. The van der Waals surface area contributed by atoms with Crippen LogP contribution in [0.2, 0.25) is 5.02 Å². The van der Waals surface area contributed by atoms with Crippen molar-refractivity contribution in [2.24, 2.45) is 52.9 Å². The van der Waals surface area contributed by atoms with E-state index in [4.69, 9.17) is 29.3 Å². The number of amidine groups is 8. The summed E-state index contributed by atoms with van der Waals surface area (Å²) in [6.45, 7) is 38.0. The summed E-state index contributed by atoms with van der Waals surface area (Å²) in [6, 6.07) is 13.7. The Kier molecular flexibility index (Phi) is 36.0. The van der Waals surface area contributed by atoms with Crippen LogP contribution in [0, 0.1) is 45.4 Å². The minimum Gasteiger partial charge on any atom is -0.504 e. The lowest BCUT2D eigenvalue weighted by Gasteiger charge is -2.22. The number of hydrogen-bond acceptors (Lipinski definition) is 30. The van der Waals surface area contributed by atoms with Crippen LogP contribution < -0.4 is 42.5 Å². The van der Waals surface area contributed by atoms with Gasteiger partial charge in [0.2, 0.25) is 20.0 Å². The molecular weight excluding hydrogens is 1930 g/mol. The van der Waals surface area contributed by atoms with Gasteiger partial charge in [-0.15, -0.1) is 57.9 Å². The van der Waals surface area contributed by atoms with Crippen LogP contribution in [0.5, 0.6) is 23.0 Å². The lowest BCUT2D eigenvalue weighted by molar-refractivity contribution is 0.369. The molecule has 40 nitrogen and oxygen atoms in total. The van der Waals surface area contributed by atoms with Gasteiger partial charge in [-0.3, -0.25) is 0 Å². The number of para-hydroxylation sites is 1. The number of benzene rings is 2. The Bertz CT molecular complexity index is 6350. The van der Waals surface area contributed by atoms with Crippen molar-refractivity contribution in [2.45, 2.75) is 192 Å². The molecule has 0 fully saturated rings. The van der Waals surface area contributed by atoms with E-state index in [1.165, 1.54) is 77.9 Å². The summed E-state index contributed by atoms with van der Waals surface area (Å²) in [4.78, 5) is -0.716. The van der Waals surface area contributed by atoms with Crippen LogP contribution in [0.3, 0.4) is 0 Å². The lowest BCUT2D eigenvalue weighted by atomic mass is 9.99. The Morgan fingerprint density at radius 2 is 0.758 bits per heavy atom. The number of nitrogens with zero attached hydrogens (tertiary/aromatic N) is 12. The number of anilines is 4. The minimum atomic E-state index is -4.03. The van der Waals surface area contributed by atoms with E-state index in [2.05, 4.69) is 105 Å². The first kappa shape index (κ1) is 106. The minimum absolute atomic E-state index is 0.0118. The molecule has 0 saturated carbocycles. The number of rotatable bonds is 30. The highest BCUT2D eigenvalue weighted by atomic mass is 35.5. The van der Waals surface area contributed by atoms with E-state index in [0.29, 0.717) is 41.3 Å². The van der Waals surface area contributed by atoms with Crippen LogP contribution in [0.4, 0.5) is 22.7 Å². The van der Waals surface area contributed by atoms with Gasteiger partial charge >= 0.3 is 0 Å². The summed E-state index contributed by atoms with van der Waals surface area (Å²) >= 11 is 0.402. The molecule has 0 saturated heterocycles. The van der Waals surface area contributed by atoms with E-state index >= 15 is 0 Å². The van der Waals surface area contributed by atoms with Gasteiger partial charge in [-0.2, -0.15) is 8.61 Å². The van der Waals surface area contributed by atoms with Crippen molar-refractivity contribution in [2.75, 3.05) is 75.6 Å². The van der Waals surface area contributed by atoms with E-state index in [0.717, 1.165) is 65.1 Å². The van der Waals surface area contributed by atoms with Gasteiger partial charge < -0.3 is 80.6 Å². The fraction of sp³-hybridized carbons (Fsp3) is 0.457. The van der Waals surface area contributed by atoms with Gasteiger partial charge in [0.05, 0.1) is 64.5 Å². The number of thiophene rings is 2. The number of hydrogen-bond donors (Lipinski definition) is 12. The molecule has 4 unspecified atom stereocenters. The second kappa shape index (κ2) is 44.7. The van der Waals surface area contributed by atoms with Gasteiger partial charge in [0, 0.05) is 65.1 Å². The monoisotopic (exact) mass is 2040 g/mol. The van der Waals surface area contributed by atoms with Gasteiger partial charge in [0.1, 0.15) is 44.4 Å². The number of phenols is 2. The number of nitrogens with one attached hydrogen (secondary N) is 8. The van der Waals surface area contributed by atoms with Crippen LogP contribution >= 0.6 is 34.3 Å². The Morgan fingerprint density at radius 1 is 0.417 bits per heavy atom. The van der Waals surface area contributed by atoms with Crippen molar-refractivity contribution in [1.82, 2.24) is 38.5 Å². The Morgan fingerprint density at radius 3 is 1.09 bits per heavy atom. The van der Waals surface area contributed by atoms with Gasteiger partial charge in [-0.05, 0) is 134 Å². The quantitative estimate of drug-likeness (QED) is 0.0186. The second-order valence-electron chi connectivity index (χ2n) is 32.0. The Hall–Kier alpha value is -9.55. The molecule has 10 heterocycles. The molecule has 0 bridgehead atoms. The van der Waals surface area contributed by atoms with Crippen LogP contribution in [-0.4, -0.2) is 189 Å². The third-order valence-electron chi connectivity index (χ3n) is 20.7. The molecule has 2 aromatic carbocycles. The average molecular weight is 2040 g/mol. The van der Waals surface area contributed by atoms with Crippen LogP contribution in [0.15, 0.2) is 149 Å². The molecule has 8 atom stereocenters. The zero-order valence-electron chi connectivity index (χ0n) is 76.9. The van der Waals surface area contributed by atoms with Crippen molar-refractivity contribution in [3.05, 3.63) is 140 Å². The molecule has 132 heavy (non-hydrogen) atoms. The van der Waals surface area contributed by atoms with Crippen molar-refractivity contribution >= 4 is 188 Å². The summed E-state index contributed by atoms with van der Waals surface area (Å²) in [5.74, 6) is 4.78. The lowest BCUT2D eigenvalue weighted by Crippen LogP contribution is -2.38. The molecule has 0 amide bonds. The zero-order valence-corrected chi connectivity index (χ0v) is 85.8. The third-order valence-corrected chi connectivity index (χ3v) is 34.7. The van der Waals surface area contributed by atoms with Crippen LogP contribution in [0.1, 0.15) is 203 Å². The summed E-state index contributed by atoms with van der Waals surface area (Å²) in [6.07, 6.45) is 4.10. The van der Waals surface area contributed by atoms with Crippen LogP contribution in [0.25, 0.3) is 0 Å². The van der Waals surface area contributed by atoms with Crippen LogP contribution in [-0.2, 0) is 84.8 Å². The SMILES string of the molecule is CCN(CC)S(=O)(=O)c1scc(NC2=NS(=O)N=C2N[C@@H](c2cc(C(C)C)co2)C(C)C)c1O.CC[C@@H](NC1=NS(=O)N=C1Nc1csc(S(=O)(=O)N(CC)CC)c1O)c1cc(C(C)C)co1.Cc1cc([C@H](NC2=NS(=O)N=C2Nc2ccc(Cl)c(S(=O)(=O)N(C)C)c2O)C(C)C)oc1C.Cc1cc([C@H](NC2=NS(=O)N=C2Nc2cccc(S(=O)(=O)N(C)C)c2O)C(C)C)oc1C. The van der Waals surface area contributed by atoms with Gasteiger partial charge in [-0.25, -0.2) is 59.1 Å². The van der Waals surface area contributed by atoms with Crippen molar-refractivity contribution in [3.63, 3.8) is 0 Å². The number of halogens is 1. The highest BCUT2D eigenvalue weighted by Gasteiger charge is 2.38. The van der Waals surface area contributed by atoms with E-state index in [1.54, 1.807) is 40.2 Å². The first-order valence-corrected chi connectivity index (χ1v) is 53.6. The Balaban J connectivity index is 0.000000198.